The lowest BCUT2D eigenvalue weighted by Gasteiger charge is -2.15. The number of hydrogen-bond donors (Lipinski definition) is 1. The van der Waals surface area contributed by atoms with E-state index in [-0.39, 0.29) is 45.2 Å². The minimum Gasteiger partial charge on any atom is -0.491 e. The lowest BCUT2D eigenvalue weighted by atomic mass is 10.1. The molecule has 0 saturated heterocycles. The summed E-state index contributed by atoms with van der Waals surface area (Å²) in [6, 6.07) is 27.7. The molecule has 5 rings (SSSR count). The molecular weight excluding hydrogens is 652 g/mol. The van der Waals surface area contributed by atoms with E-state index in [0.717, 1.165) is 11.1 Å². The van der Waals surface area contributed by atoms with E-state index in [1.165, 1.54) is 12.1 Å². The Hall–Kier alpha value is -5.49. The molecule has 264 valence electrons. The highest BCUT2D eigenvalue weighted by atomic mass is 16.6. The molecule has 10 heteroatoms. The van der Waals surface area contributed by atoms with Crippen LogP contribution in [0.5, 0.6) is 23.0 Å². The summed E-state index contributed by atoms with van der Waals surface area (Å²) in [4.78, 5) is 11.6. The predicted octanol–water partition coefficient (Wildman–Crippen LogP) is 5.48. The van der Waals surface area contributed by atoms with Crippen LogP contribution in [0.25, 0.3) is 0 Å². The first-order valence-electron chi connectivity index (χ1n) is 16.7. The predicted molar refractivity (Wildman–Crippen MR) is 190 cm³/mol. The third-order valence-electron chi connectivity index (χ3n) is 7.15. The van der Waals surface area contributed by atoms with E-state index in [4.69, 9.17) is 37.9 Å². The fourth-order valence-electron chi connectivity index (χ4n) is 4.68. The van der Waals surface area contributed by atoms with Gasteiger partial charge < -0.3 is 43.0 Å². The normalized spacial score (nSPS) is 15.1. The largest absolute Gasteiger partial charge is 0.491 e. The first-order valence-corrected chi connectivity index (χ1v) is 16.7. The summed E-state index contributed by atoms with van der Waals surface area (Å²) in [7, 11) is 0. The molecule has 0 radical (unpaired) electrons. The summed E-state index contributed by atoms with van der Waals surface area (Å²) < 4.78 is 46.4. The van der Waals surface area contributed by atoms with Crippen molar-refractivity contribution in [3.8, 4) is 46.7 Å². The van der Waals surface area contributed by atoms with Gasteiger partial charge in [-0.05, 0) is 36.4 Å². The van der Waals surface area contributed by atoms with Gasteiger partial charge in [-0.3, -0.25) is 0 Å². The van der Waals surface area contributed by atoms with E-state index in [1.807, 2.05) is 72.8 Å². The average molecular weight is 693 g/mol. The highest BCUT2D eigenvalue weighted by Gasteiger charge is 2.13. The Labute approximate surface area is 298 Å². The first-order chi connectivity index (χ1) is 25.1. The van der Waals surface area contributed by atoms with Gasteiger partial charge >= 0.3 is 5.97 Å². The van der Waals surface area contributed by atoms with Gasteiger partial charge in [-0.2, -0.15) is 0 Å². The van der Waals surface area contributed by atoms with E-state index >= 15 is 0 Å². The van der Waals surface area contributed by atoms with Crippen LogP contribution in [0, 0.1) is 23.7 Å². The SMILES string of the molecule is O=C(O)c1cc2cc(c1)OCCOCCOCCOc1cc(C#Cc3ccccc3)c(C#Cc3ccccc3)cc1OCCOCCOCCO2. The van der Waals surface area contributed by atoms with Crippen LogP contribution in [0.2, 0.25) is 0 Å². The second-order valence-corrected chi connectivity index (χ2v) is 10.9. The maximum absolute atomic E-state index is 11.6. The zero-order valence-corrected chi connectivity index (χ0v) is 28.3. The van der Waals surface area contributed by atoms with Crippen LogP contribution in [-0.4, -0.2) is 90.4 Å². The van der Waals surface area contributed by atoms with Crippen molar-refractivity contribution >= 4 is 5.97 Å². The van der Waals surface area contributed by atoms with Crippen LogP contribution >= 0.6 is 0 Å². The topological polar surface area (TPSA) is 111 Å². The van der Waals surface area contributed by atoms with Gasteiger partial charge in [0.05, 0.1) is 58.4 Å². The van der Waals surface area contributed by atoms with Gasteiger partial charge in [0.15, 0.2) is 11.5 Å². The van der Waals surface area contributed by atoms with Gasteiger partial charge in [-0.25, -0.2) is 4.79 Å². The van der Waals surface area contributed by atoms with Crippen LogP contribution < -0.4 is 18.9 Å². The number of benzene rings is 4. The van der Waals surface area contributed by atoms with Crippen molar-refractivity contribution in [2.24, 2.45) is 0 Å². The van der Waals surface area contributed by atoms with Crippen molar-refractivity contribution in [2.45, 2.75) is 0 Å². The Balaban J connectivity index is 1.27. The highest BCUT2D eigenvalue weighted by molar-refractivity contribution is 5.88. The number of ether oxygens (including phenoxy) is 8. The quantitative estimate of drug-likeness (QED) is 0.258. The van der Waals surface area contributed by atoms with Crippen LogP contribution in [-0.2, 0) is 18.9 Å². The van der Waals surface area contributed by atoms with E-state index in [0.29, 0.717) is 73.8 Å². The molecule has 0 amide bonds. The third kappa shape index (κ3) is 13.0. The van der Waals surface area contributed by atoms with Gasteiger partial charge in [0, 0.05) is 40.5 Å². The molecule has 0 spiro atoms. The van der Waals surface area contributed by atoms with Gasteiger partial charge in [0.1, 0.15) is 37.9 Å². The van der Waals surface area contributed by atoms with Crippen molar-refractivity contribution in [1.82, 2.24) is 0 Å². The number of fused-ring (bicyclic) bond motifs is 3. The molecule has 51 heavy (non-hydrogen) atoms. The monoisotopic (exact) mass is 692 g/mol. The number of hydrogen-bond acceptors (Lipinski definition) is 9. The van der Waals surface area contributed by atoms with Crippen LogP contribution in [0.1, 0.15) is 32.6 Å². The molecule has 0 saturated carbocycles. The number of rotatable bonds is 1. The maximum Gasteiger partial charge on any atom is 0.335 e. The molecule has 0 unspecified atom stereocenters. The third-order valence-corrected chi connectivity index (χ3v) is 7.15. The Morgan fingerprint density at radius 1 is 0.451 bits per heavy atom. The summed E-state index contributed by atoms with van der Waals surface area (Å²) in [5.41, 5.74) is 3.23. The van der Waals surface area contributed by atoms with E-state index in [1.54, 1.807) is 6.07 Å². The van der Waals surface area contributed by atoms with Gasteiger partial charge in [0.25, 0.3) is 0 Å². The zero-order chi connectivity index (χ0) is 35.4. The number of aromatic carboxylic acids is 1. The second-order valence-electron chi connectivity index (χ2n) is 10.9. The van der Waals surface area contributed by atoms with Crippen LogP contribution in [0.3, 0.4) is 0 Å². The minimum atomic E-state index is -1.08. The first kappa shape index (κ1) is 36.8. The summed E-state index contributed by atoms with van der Waals surface area (Å²) in [5.74, 6) is 13.7. The van der Waals surface area contributed by atoms with Crippen molar-refractivity contribution < 1.29 is 47.8 Å². The summed E-state index contributed by atoms with van der Waals surface area (Å²) >= 11 is 0. The van der Waals surface area contributed by atoms with Crippen molar-refractivity contribution in [3.63, 3.8) is 0 Å². The van der Waals surface area contributed by atoms with Crippen molar-refractivity contribution in [3.05, 3.63) is 119 Å². The molecule has 0 fully saturated rings. The molecule has 1 aliphatic rings. The molecule has 1 aliphatic heterocycles. The maximum atomic E-state index is 11.6. The number of carboxylic acid groups (broad SMARTS) is 1. The van der Waals surface area contributed by atoms with E-state index in [2.05, 4.69) is 23.7 Å². The molecule has 0 aliphatic carbocycles. The molecule has 1 heterocycles. The van der Waals surface area contributed by atoms with Crippen LogP contribution in [0.4, 0.5) is 0 Å². The zero-order valence-electron chi connectivity index (χ0n) is 28.3. The fourth-order valence-corrected chi connectivity index (χ4v) is 4.68. The molecular formula is C41H40O10. The Bertz CT molecular complexity index is 1680. The molecule has 4 aromatic rings. The minimum absolute atomic E-state index is 0.0581. The molecule has 2 bridgehead atoms. The molecule has 0 atom stereocenters. The lowest BCUT2D eigenvalue weighted by Crippen LogP contribution is -2.14. The highest BCUT2D eigenvalue weighted by Crippen LogP contribution is 2.31. The van der Waals surface area contributed by atoms with Crippen molar-refractivity contribution in [1.29, 1.82) is 0 Å². The summed E-state index contributed by atoms with van der Waals surface area (Å²) in [6.45, 7) is 3.55. The summed E-state index contributed by atoms with van der Waals surface area (Å²) in [6.07, 6.45) is 0. The van der Waals surface area contributed by atoms with Gasteiger partial charge in [-0.15, -0.1) is 0 Å². The molecule has 0 aromatic heterocycles. The van der Waals surface area contributed by atoms with E-state index in [9.17, 15) is 9.90 Å². The standard InChI is InChI=1S/C41H40O10/c42-41(43)36-27-37-31-38(28-36)49-24-20-45-16-18-47-22-26-51-40-30-35(14-12-33-9-5-2-6-10-33)34(13-11-32-7-3-1-4-8-32)29-39(40)50-25-21-46-17-15-44-19-23-48-37/h1-10,27-31H,15-26H2,(H,42,43). The Kier molecular flexibility index (Phi) is 15.1. The Morgan fingerprint density at radius 3 is 1.22 bits per heavy atom. The molecule has 4 aromatic carbocycles. The van der Waals surface area contributed by atoms with Gasteiger partial charge in [0.2, 0.25) is 0 Å². The van der Waals surface area contributed by atoms with E-state index < -0.39 is 5.97 Å². The smallest absolute Gasteiger partial charge is 0.335 e. The van der Waals surface area contributed by atoms with Crippen LogP contribution in [0.15, 0.2) is 91.0 Å². The molecule has 1 N–H and O–H groups in total. The summed E-state index contributed by atoms with van der Waals surface area (Å²) in [5, 5.41) is 9.48. The lowest BCUT2D eigenvalue weighted by molar-refractivity contribution is 0.0253. The Morgan fingerprint density at radius 2 is 0.824 bits per heavy atom. The number of carbonyl (C=O) groups is 1. The fraction of sp³-hybridized carbons (Fsp3) is 0.293. The number of carboxylic acids is 1. The van der Waals surface area contributed by atoms with Crippen molar-refractivity contribution in [2.75, 3.05) is 79.3 Å². The average Bonchev–Trinajstić information content (AvgIpc) is 3.15. The second kappa shape index (κ2) is 20.9. The van der Waals surface area contributed by atoms with Gasteiger partial charge in [-0.1, -0.05) is 60.1 Å². The molecule has 10 nitrogen and oxygen atoms in total.